The molecule has 0 radical (unpaired) electrons. The number of aromatic amines is 1. The maximum atomic E-state index is 12.3. The van der Waals surface area contributed by atoms with Gasteiger partial charge in [-0.1, -0.05) is 31.2 Å². The average Bonchev–Trinajstić information content (AvgIpc) is 2.92. The van der Waals surface area contributed by atoms with E-state index in [4.69, 9.17) is 15.2 Å². The average molecular weight is 343 g/mol. The second kappa shape index (κ2) is 7.35. The van der Waals surface area contributed by atoms with Gasteiger partial charge in [-0.05, 0) is 17.5 Å². The Morgan fingerprint density at radius 3 is 2.80 bits per heavy atom. The van der Waals surface area contributed by atoms with Crippen LogP contribution in [0.1, 0.15) is 18.1 Å². The van der Waals surface area contributed by atoms with Crippen LogP contribution in [-0.4, -0.2) is 39.8 Å². The molecule has 2 aromatic heterocycles. The van der Waals surface area contributed by atoms with Gasteiger partial charge in [0.25, 0.3) is 0 Å². The number of hydrogen-bond donors (Lipinski definition) is 2. The highest BCUT2D eigenvalue weighted by atomic mass is 16.5. The predicted octanol–water partition coefficient (Wildman–Crippen LogP) is 1.34. The van der Waals surface area contributed by atoms with Crippen LogP contribution in [0, 0.1) is 0 Å². The maximum Gasteiger partial charge on any atom is 0.328 e. The van der Waals surface area contributed by atoms with E-state index in [0.29, 0.717) is 30.9 Å². The molecule has 2 heterocycles. The number of nitrogen functional groups attached to an aromatic ring is 1. The lowest BCUT2D eigenvalue weighted by Crippen LogP contribution is -2.18. The first kappa shape index (κ1) is 17.0. The van der Waals surface area contributed by atoms with E-state index in [2.05, 4.69) is 34.0 Å². The SMILES string of the molecule is CCc1cccc(Cn2c(=O)[nH]c3c(N)nc(OCCOC)nc32)c1. The summed E-state index contributed by atoms with van der Waals surface area (Å²) in [6, 6.07) is 8.22. The first-order chi connectivity index (χ1) is 12.1. The second-order valence-electron chi connectivity index (χ2n) is 5.62. The normalized spacial score (nSPS) is 11.1. The topological polar surface area (TPSA) is 108 Å². The molecule has 3 aromatic rings. The molecule has 0 spiro atoms. The molecule has 132 valence electrons. The number of hydrogen-bond acceptors (Lipinski definition) is 6. The summed E-state index contributed by atoms with van der Waals surface area (Å²) in [5.41, 5.74) is 8.71. The van der Waals surface area contributed by atoms with Crippen LogP contribution in [0.5, 0.6) is 6.01 Å². The van der Waals surface area contributed by atoms with E-state index in [1.165, 1.54) is 10.1 Å². The van der Waals surface area contributed by atoms with Gasteiger partial charge in [-0.2, -0.15) is 9.97 Å². The Morgan fingerprint density at radius 2 is 2.04 bits per heavy atom. The summed E-state index contributed by atoms with van der Waals surface area (Å²) in [5.74, 6) is 0.176. The fourth-order valence-corrected chi connectivity index (χ4v) is 2.59. The van der Waals surface area contributed by atoms with Crippen molar-refractivity contribution >= 4 is 17.0 Å². The first-order valence-electron chi connectivity index (χ1n) is 8.08. The molecule has 0 aliphatic heterocycles. The van der Waals surface area contributed by atoms with Gasteiger partial charge in [-0.3, -0.25) is 4.57 Å². The van der Waals surface area contributed by atoms with Gasteiger partial charge in [-0.15, -0.1) is 0 Å². The van der Waals surface area contributed by atoms with Crippen molar-refractivity contribution in [2.24, 2.45) is 0 Å². The number of aryl methyl sites for hydroxylation is 1. The molecule has 0 fully saturated rings. The number of H-pyrrole nitrogens is 1. The number of nitrogens with zero attached hydrogens (tertiary/aromatic N) is 3. The number of methoxy groups -OCH3 is 1. The molecule has 0 atom stereocenters. The van der Waals surface area contributed by atoms with Crippen LogP contribution in [0.3, 0.4) is 0 Å². The summed E-state index contributed by atoms with van der Waals surface area (Å²) in [4.78, 5) is 23.5. The fourth-order valence-electron chi connectivity index (χ4n) is 2.59. The number of anilines is 1. The highest BCUT2D eigenvalue weighted by molar-refractivity contribution is 5.81. The number of ether oxygens (including phenoxy) is 2. The fraction of sp³-hybridized carbons (Fsp3) is 0.353. The zero-order valence-corrected chi connectivity index (χ0v) is 14.3. The lowest BCUT2D eigenvalue weighted by Gasteiger charge is -2.07. The Morgan fingerprint density at radius 1 is 1.24 bits per heavy atom. The van der Waals surface area contributed by atoms with Gasteiger partial charge in [0.2, 0.25) is 0 Å². The summed E-state index contributed by atoms with van der Waals surface area (Å²) in [6.07, 6.45) is 0.934. The summed E-state index contributed by atoms with van der Waals surface area (Å²) >= 11 is 0. The molecule has 0 aliphatic rings. The smallest absolute Gasteiger partial charge is 0.328 e. The van der Waals surface area contributed by atoms with Gasteiger partial charge in [0.05, 0.1) is 13.2 Å². The molecule has 0 saturated carbocycles. The molecule has 0 amide bonds. The van der Waals surface area contributed by atoms with E-state index < -0.39 is 0 Å². The quantitative estimate of drug-likeness (QED) is 0.627. The standard InChI is InChI=1S/C17H21N5O3/c1-3-11-5-4-6-12(9-11)10-22-15-13(19-17(22)23)14(18)20-16(21-15)25-8-7-24-2/h4-6,9H,3,7-8,10H2,1-2H3,(H,19,23)(H2,18,20,21). The third kappa shape index (κ3) is 3.63. The Kier molecular flexibility index (Phi) is 4.99. The van der Waals surface area contributed by atoms with Crippen molar-refractivity contribution in [1.29, 1.82) is 0 Å². The Hall–Kier alpha value is -2.87. The van der Waals surface area contributed by atoms with Gasteiger partial charge in [-0.25, -0.2) is 4.79 Å². The van der Waals surface area contributed by atoms with Crippen molar-refractivity contribution in [3.05, 3.63) is 45.9 Å². The van der Waals surface area contributed by atoms with E-state index in [1.54, 1.807) is 7.11 Å². The number of rotatable bonds is 7. The van der Waals surface area contributed by atoms with Crippen LogP contribution in [0.25, 0.3) is 11.2 Å². The Balaban J connectivity index is 1.98. The van der Waals surface area contributed by atoms with Crippen molar-refractivity contribution in [2.75, 3.05) is 26.1 Å². The van der Waals surface area contributed by atoms with Crippen LogP contribution < -0.4 is 16.2 Å². The van der Waals surface area contributed by atoms with Crippen molar-refractivity contribution in [2.45, 2.75) is 19.9 Å². The predicted molar refractivity (Wildman–Crippen MR) is 94.9 cm³/mol. The molecule has 1 aromatic carbocycles. The van der Waals surface area contributed by atoms with Gasteiger partial charge in [0.15, 0.2) is 11.5 Å². The van der Waals surface area contributed by atoms with E-state index in [9.17, 15) is 4.79 Å². The minimum atomic E-state index is -0.285. The van der Waals surface area contributed by atoms with Crippen LogP contribution in [0.4, 0.5) is 5.82 Å². The third-order valence-corrected chi connectivity index (χ3v) is 3.89. The van der Waals surface area contributed by atoms with Crippen molar-refractivity contribution in [3.63, 3.8) is 0 Å². The number of fused-ring (bicyclic) bond motifs is 1. The van der Waals surface area contributed by atoms with E-state index in [-0.39, 0.29) is 17.5 Å². The molecule has 8 heteroatoms. The lowest BCUT2D eigenvalue weighted by atomic mass is 10.1. The Labute approximate surface area is 144 Å². The van der Waals surface area contributed by atoms with Gasteiger partial charge < -0.3 is 20.2 Å². The molecule has 3 rings (SSSR count). The van der Waals surface area contributed by atoms with E-state index >= 15 is 0 Å². The zero-order chi connectivity index (χ0) is 17.8. The molecular weight excluding hydrogens is 322 g/mol. The monoisotopic (exact) mass is 343 g/mol. The molecule has 0 aliphatic carbocycles. The number of nitrogens with one attached hydrogen (secondary N) is 1. The zero-order valence-electron chi connectivity index (χ0n) is 14.3. The summed E-state index contributed by atoms with van der Waals surface area (Å²) in [7, 11) is 1.58. The number of imidazole rings is 1. The summed E-state index contributed by atoms with van der Waals surface area (Å²) in [6.45, 7) is 3.19. The van der Waals surface area contributed by atoms with Gasteiger partial charge >= 0.3 is 11.7 Å². The van der Waals surface area contributed by atoms with Crippen LogP contribution in [0.15, 0.2) is 29.1 Å². The minimum Gasteiger partial charge on any atom is -0.461 e. The summed E-state index contributed by atoms with van der Waals surface area (Å²) in [5, 5.41) is 0. The van der Waals surface area contributed by atoms with Crippen molar-refractivity contribution in [1.82, 2.24) is 19.5 Å². The van der Waals surface area contributed by atoms with Crippen LogP contribution in [-0.2, 0) is 17.7 Å². The van der Waals surface area contributed by atoms with Gasteiger partial charge in [0.1, 0.15) is 12.1 Å². The maximum absolute atomic E-state index is 12.3. The van der Waals surface area contributed by atoms with Crippen LogP contribution >= 0.6 is 0 Å². The van der Waals surface area contributed by atoms with E-state index in [0.717, 1.165) is 12.0 Å². The van der Waals surface area contributed by atoms with Gasteiger partial charge in [0, 0.05) is 7.11 Å². The first-order valence-corrected chi connectivity index (χ1v) is 8.08. The third-order valence-electron chi connectivity index (χ3n) is 3.89. The molecule has 8 nitrogen and oxygen atoms in total. The summed E-state index contributed by atoms with van der Waals surface area (Å²) < 4.78 is 11.9. The van der Waals surface area contributed by atoms with Crippen molar-refractivity contribution in [3.8, 4) is 6.01 Å². The van der Waals surface area contributed by atoms with E-state index in [1.807, 2.05) is 12.1 Å². The highest BCUT2D eigenvalue weighted by Crippen LogP contribution is 2.18. The minimum absolute atomic E-state index is 0.122. The lowest BCUT2D eigenvalue weighted by molar-refractivity contribution is 0.141. The number of aromatic nitrogens is 4. The number of benzene rings is 1. The Bertz CT molecular complexity index is 932. The molecule has 25 heavy (non-hydrogen) atoms. The second-order valence-corrected chi connectivity index (χ2v) is 5.62. The largest absolute Gasteiger partial charge is 0.461 e. The molecule has 0 saturated heterocycles. The highest BCUT2D eigenvalue weighted by Gasteiger charge is 2.15. The molecule has 0 unspecified atom stereocenters. The molecular formula is C17H21N5O3. The van der Waals surface area contributed by atoms with Crippen molar-refractivity contribution < 1.29 is 9.47 Å². The molecule has 0 bridgehead atoms. The van der Waals surface area contributed by atoms with Crippen LogP contribution in [0.2, 0.25) is 0 Å². The number of nitrogens with two attached hydrogens (primary N) is 1. The molecule has 3 N–H and O–H groups in total.